The molecule has 4 aliphatic carbocycles. The molecule has 2 saturated carbocycles. The highest BCUT2D eigenvalue weighted by Crippen LogP contribution is 2.65. The predicted molar refractivity (Wildman–Crippen MR) is 125 cm³/mol. The summed E-state index contributed by atoms with van der Waals surface area (Å²) in [4.78, 5) is 54.2. The van der Waals surface area contributed by atoms with Crippen molar-refractivity contribution in [3.05, 3.63) is 82.4 Å². The van der Waals surface area contributed by atoms with E-state index >= 15 is 0 Å². The first-order valence-corrected chi connectivity index (χ1v) is 12.0. The largest absolute Gasteiger partial charge is 0.292 e. The van der Waals surface area contributed by atoms with Crippen molar-refractivity contribution in [3.8, 4) is 0 Å². The van der Waals surface area contributed by atoms with Crippen molar-refractivity contribution in [2.45, 2.75) is 13.3 Å². The van der Waals surface area contributed by atoms with E-state index in [-0.39, 0.29) is 28.2 Å². The van der Waals surface area contributed by atoms with E-state index in [4.69, 9.17) is 11.6 Å². The van der Waals surface area contributed by atoms with Gasteiger partial charge in [-0.3, -0.25) is 19.2 Å². The number of carbonyl (C=O) groups excluding carboxylic acids is 4. The average molecular weight is 475 g/mol. The van der Waals surface area contributed by atoms with E-state index in [9.17, 15) is 19.2 Å². The Bertz CT molecular complexity index is 1230. The van der Waals surface area contributed by atoms with Crippen LogP contribution in [0.5, 0.6) is 0 Å². The number of amides is 3. The summed E-state index contributed by atoms with van der Waals surface area (Å²) in [5.74, 6) is -1.81. The molecule has 5 aliphatic rings. The van der Waals surface area contributed by atoms with E-state index in [1.165, 1.54) is 6.07 Å². The van der Waals surface area contributed by atoms with Crippen LogP contribution in [0.3, 0.4) is 0 Å². The maximum absolute atomic E-state index is 13.7. The number of nitrogens with zero attached hydrogens (tertiary/aromatic N) is 2. The number of halogens is 1. The highest BCUT2D eigenvalue weighted by Gasteiger charge is 2.68. The van der Waals surface area contributed by atoms with Crippen LogP contribution in [0.25, 0.3) is 0 Å². The maximum Gasteiger partial charge on any atom is 0.274 e. The molecule has 0 radical (unpaired) electrons. The van der Waals surface area contributed by atoms with Gasteiger partial charge in [-0.15, -0.1) is 0 Å². The molecule has 7 rings (SSSR count). The van der Waals surface area contributed by atoms with Gasteiger partial charge in [-0.2, -0.15) is 5.01 Å². The number of rotatable bonds is 5. The molecule has 6 atom stereocenters. The molecule has 2 aromatic carbocycles. The Hall–Kier alpha value is -3.25. The zero-order chi connectivity index (χ0) is 23.7. The molecule has 0 N–H and O–H groups in total. The SMILES string of the molecule is Cc1ccc(C(=O)CN(C(=O)c2ccccc2Cl)N2C(=O)[C@@H]3[C@H]4C=C[C@@H]([C@@H]5C[C@H]45)[C@H]3C2=O)cc1. The number of benzene rings is 2. The number of ketones is 1. The van der Waals surface area contributed by atoms with Crippen molar-refractivity contribution in [3.63, 3.8) is 0 Å². The second-order valence-electron chi connectivity index (χ2n) is 9.77. The maximum atomic E-state index is 13.7. The van der Waals surface area contributed by atoms with Crippen LogP contribution in [0.2, 0.25) is 5.02 Å². The molecular weight excluding hydrogens is 452 g/mol. The number of hydrazine groups is 1. The van der Waals surface area contributed by atoms with Crippen LogP contribution in [0.4, 0.5) is 0 Å². The minimum atomic E-state index is -0.642. The molecule has 34 heavy (non-hydrogen) atoms. The zero-order valence-electron chi connectivity index (χ0n) is 18.6. The van der Waals surface area contributed by atoms with Gasteiger partial charge in [0.2, 0.25) is 0 Å². The first-order valence-electron chi connectivity index (χ1n) is 11.6. The summed E-state index contributed by atoms with van der Waals surface area (Å²) < 4.78 is 0. The molecule has 3 fully saturated rings. The number of carbonyl (C=O) groups is 4. The van der Waals surface area contributed by atoms with Gasteiger partial charge in [-0.25, -0.2) is 5.01 Å². The smallest absolute Gasteiger partial charge is 0.274 e. The van der Waals surface area contributed by atoms with Crippen molar-refractivity contribution >= 4 is 35.1 Å². The van der Waals surface area contributed by atoms with Gasteiger partial charge in [0, 0.05) is 5.56 Å². The second-order valence-corrected chi connectivity index (χ2v) is 10.2. The molecule has 3 amide bonds. The van der Waals surface area contributed by atoms with E-state index < -0.39 is 36.1 Å². The third kappa shape index (κ3) is 3.08. The van der Waals surface area contributed by atoms with Crippen LogP contribution in [0, 0.1) is 42.4 Å². The number of aryl methyl sites for hydroxylation is 1. The van der Waals surface area contributed by atoms with Gasteiger partial charge in [-0.1, -0.05) is 65.7 Å². The lowest BCUT2D eigenvalue weighted by Gasteiger charge is -2.37. The fourth-order valence-corrected chi connectivity index (χ4v) is 6.37. The van der Waals surface area contributed by atoms with Gasteiger partial charge in [-0.05, 0) is 49.1 Å². The fourth-order valence-electron chi connectivity index (χ4n) is 6.15. The lowest BCUT2D eigenvalue weighted by atomic mass is 9.63. The van der Waals surface area contributed by atoms with Crippen LogP contribution >= 0.6 is 11.6 Å². The Labute approximate surface area is 202 Å². The minimum Gasteiger partial charge on any atom is -0.292 e. The van der Waals surface area contributed by atoms with Crippen LogP contribution in [0.15, 0.2) is 60.7 Å². The molecule has 2 bridgehead atoms. The summed E-state index contributed by atoms with van der Waals surface area (Å²) in [7, 11) is 0. The quantitative estimate of drug-likeness (QED) is 0.373. The number of Topliss-reactive ketones (excluding diaryl/α,β-unsaturated/α-hetero) is 1. The third-order valence-corrected chi connectivity index (χ3v) is 8.22. The van der Waals surface area contributed by atoms with Gasteiger partial charge in [0.15, 0.2) is 5.78 Å². The van der Waals surface area contributed by atoms with Crippen LogP contribution < -0.4 is 0 Å². The highest BCUT2D eigenvalue weighted by molar-refractivity contribution is 6.34. The molecule has 0 aromatic heterocycles. The number of imide groups is 1. The highest BCUT2D eigenvalue weighted by atomic mass is 35.5. The van der Waals surface area contributed by atoms with E-state index in [2.05, 4.69) is 12.2 Å². The fraction of sp³-hybridized carbons (Fsp3) is 0.333. The van der Waals surface area contributed by atoms with Crippen molar-refractivity contribution in [1.82, 2.24) is 10.0 Å². The number of hydrogen-bond donors (Lipinski definition) is 0. The van der Waals surface area contributed by atoms with E-state index in [0.717, 1.165) is 22.0 Å². The second kappa shape index (κ2) is 7.64. The zero-order valence-corrected chi connectivity index (χ0v) is 19.3. The molecule has 6 nitrogen and oxygen atoms in total. The van der Waals surface area contributed by atoms with E-state index in [1.54, 1.807) is 30.3 Å². The van der Waals surface area contributed by atoms with Gasteiger partial charge >= 0.3 is 0 Å². The molecule has 1 heterocycles. The van der Waals surface area contributed by atoms with Crippen molar-refractivity contribution in [2.24, 2.45) is 35.5 Å². The van der Waals surface area contributed by atoms with Crippen LogP contribution in [-0.2, 0) is 9.59 Å². The first-order chi connectivity index (χ1) is 16.4. The topological polar surface area (TPSA) is 74.8 Å². The predicted octanol–water partition coefficient (Wildman–Crippen LogP) is 3.94. The number of hydrogen-bond acceptors (Lipinski definition) is 4. The summed E-state index contributed by atoms with van der Waals surface area (Å²) >= 11 is 6.29. The van der Waals surface area contributed by atoms with Gasteiger partial charge in [0.1, 0.15) is 6.54 Å². The Balaban J connectivity index is 1.37. The summed E-state index contributed by atoms with van der Waals surface area (Å²) in [6, 6.07) is 13.4. The van der Waals surface area contributed by atoms with E-state index in [0.29, 0.717) is 17.4 Å². The summed E-state index contributed by atoms with van der Waals surface area (Å²) in [6.07, 6.45) is 5.20. The Kier molecular flexibility index (Phi) is 4.78. The molecule has 1 aliphatic heterocycles. The van der Waals surface area contributed by atoms with Crippen LogP contribution in [0.1, 0.15) is 32.7 Å². The molecule has 0 spiro atoms. The Morgan fingerprint density at radius 1 is 0.941 bits per heavy atom. The molecule has 0 unspecified atom stereocenters. The molecule has 172 valence electrons. The molecule has 1 saturated heterocycles. The van der Waals surface area contributed by atoms with Crippen LogP contribution in [-0.4, -0.2) is 40.1 Å². The molecule has 2 aromatic rings. The van der Waals surface area contributed by atoms with Crippen molar-refractivity contribution < 1.29 is 19.2 Å². The normalized spacial score (nSPS) is 30.2. The Morgan fingerprint density at radius 3 is 2.12 bits per heavy atom. The van der Waals surface area contributed by atoms with E-state index in [1.807, 2.05) is 19.1 Å². The van der Waals surface area contributed by atoms with Gasteiger partial charge in [0.25, 0.3) is 17.7 Å². The van der Waals surface area contributed by atoms with Crippen molar-refractivity contribution in [1.29, 1.82) is 0 Å². The lowest BCUT2D eigenvalue weighted by Crippen LogP contribution is -2.52. The molecular formula is C27H23ClN2O4. The third-order valence-electron chi connectivity index (χ3n) is 7.89. The van der Waals surface area contributed by atoms with Gasteiger partial charge in [0.05, 0.1) is 22.4 Å². The molecule has 7 heteroatoms. The minimum absolute atomic E-state index is 0.0199. The first kappa shape index (κ1) is 21.3. The summed E-state index contributed by atoms with van der Waals surface area (Å²) in [6.45, 7) is 1.48. The number of allylic oxidation sites excluding steroid dienone is 2. The Morgan fingerprint density at radius 2 is 1.53 bits per heavy atom. The average Bonchev–Trinajstić information content (AvgIpc) is 3.61. The summed E-state index contributed by atoms with van der Waals surface area (Å²) in [5.41, 5.74) is 1.54. The lowest BCUT2D eigenvalue weighted by molar-refractivity contribution is -0.154. The summed E-state index contributed by atoms with van der Waals surface area (Å²) in [5, 5.41) is 2.15. The van der Waals surface area contributed by atoms with Gasteiger partial charge < -0.3 is 0 Å². The van der Waals surface area contributed by atoms with Crippen molar-refractivity contribution in [2.75, 3.05) is 6.54 Å². The standard InChI is InChI=1S/C27H23ClN2O4/c1-14-6-8-15(9-7-14)22(31)13-29(25(32)18-4-2-3-5-21(18)28)30-26(33)23-16-10-11-17(20-12-19(16)20)24(23)27(30)34/h2-11,16-17,19-20,23-24H,12-13H2,1H3/t16-,17-,19-,20+,23+,24+/m0/s1. The monoisotopic (exact) mass is 474 g/mol.